The van der Waals surface area contributed by atoms with Crippen molar-refractivity contribution in [2.24, 2.45) is 25.0 Å². The average molecular weight is 1120 g/mol. The molecule has 3 aliphatic rings. The van der Waals surface area contributed by atoms with Gasteiger partial charge in [0.25, 0.3) is 29.5 Å². The average Bonchev–Trinajstić information content (AvgIpc) is 4.18. The number of unbranched alkanes of at least 4 members (excludes halogenated alkanes) is 2. The van der Waals surface area contributed by atoms with Crippen molar-refractivity contribution in [2.45, 2.75) is 96.7 Å². The number of anilines is 4. The molecule has 1 fully saturated rings. The van der Waals surface area contributed by atoms with Crippen LogP contribution in [0.25, 0.3) is 11.1 Å². The van der Waals surface area contributed by atoms with Crippen LogP contribution < -0.4 is 41.4 Å². The van der Waals surface area contributed by atoms with Gasteiger partial charge in [-0.25, -0.2) is 0 Å². The maximum atomic E-state index is 13.5. The summed E-state index contributed by atoms with van der Waals surface area (Å²) in [6, 6.07) is 18.5. The number of aliphatic imine (C=N–C) groups is 1. The Labute approximate surface area is 475 Å². The molecule has 8 rings (SSSR count). The Balaban J connectivity index is 0.751. The second-order valence-corrected chi connectivity index (χ2v) is 20.9. The highest BCUT2D eigenvalue weighted by Gasteiger charge is 2.32. The molecule has 0 aliphatic carbocycles. The zero-order valence-electron chi connectivity index (χ0n) is 46.8. The fourth-order valence-electron chi connectivity index (χ4n) is 9.79. The summed E-state index contributed by atoms with van der Waals surface area (Å²) in [6.45, 7) is 6.27. The van der Waals surface area contributed by atoms with Gasteiger partial charge < -0.3 is 55.4 Å². The molecular weight excluding hydrogens is 1050 g/mol. The van der Waals surface area contributed by atoms with Crippen LogP contribution in [-0.2, 0) is 42.9 Å². The van der Waals surface area contributed by atoms with E-state index in [1.807, 2.05) is 29.4 Å². The van der Waals surface area contributed by atoms with E-state index in [9.17, 15) is 43.2 Å². The number of nitrogens with zero attached hydrogens (tertiary/aromatic N) is 5. The molecule has 3 atom stereocenters. The number of benzene rings is 3. The van der Waals surface area contributed by atoms with Crippen LogP contribution in [0.2, 0.25) is 0 Å². The van der Waals surface area contributed by atoms with Crippen LogP contribution >= 0.6 is 0 Å². The largest absolute Gasteiger partial charge is 0.493 e. The summed E-state index contributed by atoms with van der Waals surface area (Å²) in [5, 5.41) is 16.8. The monoisotopic (exact) mass is 1120 g/mol. The van der Waals surface area contributed by atoms with Crippen LogP contribution in [0.4, 0.5) is 28.4 Å². The van der Waals surface area contributed by atoms with Crippen molar-refractivity contribution in [2.75, 3.05) is 48.1 Å². The maximum absolute atomic E-state index is 13.5. The summed E-state index contributed by atoms with van der Waals surface area (Å²) in [5.41, 5.74) is 5.12. The quantitative estimate of drug-likeness (QED) is 0.0267. The number of carbonyl (C=O) groups is 9. The van der Waals surface area contributed by atoms with Gasteiger partial charge in [0.2, 0.25) is 23.6 Å². The minimum atomic E-state index is -0.951. The van der Waals surface area contributed by atoms with Crippen LogP contribution in [0.5, 0.6) is 11.5 Å². The van der Waals surface area contributed by atoms with Gasteiger partial charge in [0, 0.05) is 99.5 Å². The van der Waals surface area contributed by atoms with Gasteiger partial charge in [-0.05, 0) is 112 Å². The fourth-order valence-corrected chi connectivity index (χ4v) is 9.79. The number of hydrogen-bond donors (Lipinski definition) is 6. The third kappa shape index (κ3) is 14.7. The lowest BCUT2D eigenvalue weighted by atomic mass is 10.0. The van der Waals surface area contributed by atoms with Gasteiger partial charge in [-0.1, -0.05) is 32.4 Å². The predicted octanol–water partition coefficient (Wildman–Crippen LogP) is 7.12. The van der Waals surface area contributed by atoms with E-state index < -0.39 is 23.9 Å². The number of piperidine rings is 1. The van der Waals surface area contributed by atoms with E-state index in [4.69, 9.17) is 9.47 Å². The summed E-state index contributed by atoms with van der Waals surface area (Å²) in [6.07, 6.45) is 13.0. The van der Waals surface area contributed by atoms with Crippen LogP contribution in [0.1, 0.15) is 110 Å². The minimum Gasteiger partial charge on any atom is -0.493 e. The number of carbonyl (C=O) groups excluding carboxylic acids is 9. The Bertz CT molecular complexity index is 3290. The van der Waals surface area contributed by atoms with Gasteiger partial charge in [-0.15, -0.1) is 0 Å². The third-order valence-corrected chi connectivity index (χ3v) is 14.4. The number of aromatic nitrogens is 2. The first-order chi connectivity index (χ1) is 39.3. The first-order valence-electron chi connectivity index (χ1n) is 27.5. The van der Waals surface area contributed by atoms with Crippen molar-refractivity contribution >= 4 is 87.8 Å². The molecule has 0 saturated carbocycles. The van der Waals surface area contributed by atoms with Crippen LogP contribution in [0.3, 0.4) is 0 Å². The summed E-state index contributed by atoms with van der Waals surface area (Å²) < 4.78 is 14.9. The van der Waals surface area contributed by atoms with E-state index in [1.165, 1.54) is 26.2 Å². The van der Waals surface area contributed by atoms with E-state index >= 15 is 0 Å². The first kappa shape index (κ1) is 58.8. The standard InChI is InChI=1S/C60H69N11O11/c1-36(2)55(67-52(73)14-8-7-10-27-71-53(74)24-25-54(71)75)59(79)62-37(3)56(76)64-41-20-22-42(23-21-41)66-57(77)47-29-39(34-68(47)4)38-16-18-40(19-17-38)65-58(78)48-30-43(35-69(48)5)63-51(72)15-12-28-82-50-32-46-45(31-49(50)81-6)60(80)70-26-11-9-13-44(70)33-61-46/h16-25,29-37,44,55H,7-15,26-28H2,1-6H3,(H,62,79)(H,63,72)(H,64,76)(H,65,78)(H,66,77)(H,67,73)/t37?,44-,55?/m0/s1. The number of amides is 9. The second kappa shape index (κ2) is 26.7. The van der Waals surface area contributed by atoms with Crippen LogP contribution in [0, 0.1) is 5.92 Å². The molecule has 3 aliphatic heterocycles. The van der Waals surface area contributed by atoms with E-state index in [2.05, 4.69) is 36.9 Å². The molecular formula is C60H69N11O11. The number of aryl methyl sites for hydroxylation is 2. The summed E-state index contributed by atoms with van der Waals surface area (Å²) in [4.78, 5) is 123. The number of methoxy groups -OCH3 is 1. The molecule has 5 heterocycles. The highest BCUT2D eigenvalue weighted by Crippen LogP contribution is 2.38. The van der Waals surface area contributed by atoms with E-state index in [-0.39, 0.29) is 79.3 Å². The molecule has 3 aromatic carbocycles. The molecule has 0 bridgehead atoms. The highest BCUT2D eigenvalue weighted by molar-refractivity contribution is 6.13. The number of rotatable bonds is 24. The van der Waals surface area contributed by atoms with Gasteiger partial charge >= 0.3 is 0 Å². The van der Waals surface area contributed by atoms with Gasteiger partial charge in [0.05, 0.1) is 36.7 Å². The Hall–Kier alpha value is -9.34. The Morgan fingerprint density at radius 1 is 0.646 bits per heavy atom. The van der Waals surface area contributed by atoms with Crippen molar-refractivity contribution in [3.05, 3.63) is 114 Å². The van der Waals surface area contributed by atoms with E-state index in [0.717, 1.165) is 35.3 Å². The van der Waals surface area contributed by atoms with E-state index in [0.29, 0.717) is 89.1 Å². The van der Waals surface area contributed by atoms with Crippen molar-refractivity contribution < 1.29 is 52.6 Å². The SMILES string of the molecule is COc1cc2c(cc1OCCCC(=O)Nc1cc(C(=O)Nc3ccc(-c4cc(C(=O)Nc5ccc(NC(=O)C(C)NC(=O)C(NC(=O)CCCCCN6C(=O)C=CC6=O)C(C)C)cc5)n(C)c4)cc3)n(C)c1)N=C[C@@H]1CCCCN1C2=O. The number of fused-ring (bicyclic) bond motifs is 2. The predicted molar refractivity (Wildman–Crippen MR) is 309 cm³/mol. The smallest absolute Gasteiger partial charge is 0.272 e. The van der Waals surface area contributed by atoms with Gasteiger partial charge in [-0.2, -0.15) is 0 Å². The summed E-state index contributed by atoms with van der Waals surface area (Å²) >= 11 is 0. The number of ether oxygens (including phenoxy) is 2. The first-order valence-corrected chi connectivity index (χ1v) is 27.5. The molecule has 6 N–H and O–H groups in total. The summed E-state index contributed by atoms with van der Waals surface area (Å²) in [7, 11) is 4.97. The van der Waals surface area contributed by atoms with E-state index in [1.54, 1.807) is 104 Å². The van der Waals surface area contributed by atoms with Crippen molar-refractivity contribution in [3.63, 3.8) is 0 Å². The molecule has 0 spiro atoms. The zero-order valence-corrected chi connectivity index (χ0v) is 46.8. The lowest BCUT2D eigenvalue weighted by molar-refractivity contribution is -0.137. The fraction of sp³-hybridized carbons (Fsp3) is 0.367. The van der Waals surface area contributed by atoms with Crippen molar-refractivity contribution in [3.8, 4) is 22.6 Å². The van der Waals surface area contributed by atoms with Gasteiger partial charge in [0.15, 0.2) is 11.5 Å². The molecule has 5 aromatic rings. The lowest BCUT2D eigenvalue weighted by Gasteiger charge is -2.32. The zero-order chi connectivity index (χ0) is 58.6. The van der Waals surface area contributed by atoms with Gasteiger partial charge in [-0.3, -0.25) is 53.0 Å². The molecule has 1 saturated heterocycles. The van der Waals surface area contributed by atoms with Gasteiger partial charge in [0.1, 0.15) is 23.5 Å². The topological polar surface area (TPSA) is 273 Å². The van der Waals surface area contributed by atoms with Crippen LogP contribution in [-0.4, -0.2) is 123 Å². The molecule has 9 amide bonds. The molecule has 22 heteroatoms. The molecule has 82 heavy (non-hydrogen) atoms. The molecule has 430 valence electrons. The molecule has 0 radical (unpaired) electrons. The van der Waals surface area contributed by atoms with Crippen LogP contribution in [0.15, 0.2) is 102 Å². The highest BCUT2D eigenvalue weighted by atomic mass is 16.5. The third-order valence-electron chi connectivity index (χ3n) is 14.4. The molecule has 22 nitrogen and oxygen atoms in total. The number of hydrogen-bond acceptors (Lipinski definition) is 12. The molecule has 2 unspecified atom stereocenters. The normalized spacial score (nSPS) is 15.3. The Morgan fingerprint density at radius 3 is 1.95 bits per heavy atom. The lowest BCUT2D eigenvalue weighted by Crippen LogP contribution is -2.53. The Kier molecular flexibility index (Phi) is 19.2. The summed E-state index contributed by atoms with van der Waals surface area (Å²) in [5.74, 6) is -2.55. The van der Waals surface area contributed by atoms with Crippen molar-refractivity contribution in [1.29, 1.82) is 0 Å². The maximum Gasteiger partial charge on any atom is 0.272 e. The second-order valence-electron chi connectivity index (χ2n) is 20.9. The number of nitrogens with one attached hydrogen (secondary N) is 6. The molecule has 2 aromatic heterocycles. The number of imide groups is 1. The van der Waals surface area contributed by atoms with Crippen molar-refractivity contribution in [1.82, 2.24) is 29.6 Å². The Morgan fingerprint density at radius 2 is 1.28 bits per heavy atom. The minimum absolute atomic E-state index is 0.0306.